The molecular weight excluding hydrogens is 1860 g/mol. The Kier molecular flexibility index (Phi) is 36.0. The molecule has 5 unspecified atom stereocenters. The summed E-state index contributed by atoms with van der Waals surface area (Å²) in [6, 6.07) is 28.1. The van der Waals surface area contributed by atoms with Gasteiger partial charge in [-0.2, -0.15) is 9.97 Å². The number of amides is 7. The number of aromatic hydroxyl groups is 2. The van der Waals surface area contributed by atoms with Gasteiger partial charge in [-0.15, -0.1) is 47.5 Å². The molecule has 0 spiro atoms. The number of thioether (sulfide) groups is 1. The average Bonchev–Trinajstić information content (AvgIpc) is 1.40. The van der Waals surface area contributed by atoms with Crippen molar-refractivity contribution in [2.75, 3.05) is 30.6 Å². The molecule has 1 saturated heterocycles. The highest BCUT2D eigenvalue weighted by Crippen LogP contribution is 2.40. The molecule has 11 N–H and O–H groups in total. The van der Waals surface area contributed by atoms with Crippen LogP contribution in [0.25, 0.3) is 22.2 Å². The van der Waals surface area contributed by atoms with Crippen molar-refractivity contribution in [2.24, 2.45) is 49.3 Å². The summed E-state index contributed by atoms with van der Waals surface area (Å²) in [6.07, 6.45) is 11.4. The first-order chi connectivity index (χ1) is 65.3. The number of oxazole rings is 2. The number of benzene rings is 5. The molecule has 0 radical (unpaired) electrons. The second kappa shape index (κ2) is 48.4. The van der Waals surface area contributed by atoms with Gasteiger partial charge in [-0.1, -0.05) is 114 Å². The van der Waals surface area contributed by atoms with E-state index >= 15 is 0 Å². The predicted molar refractivity (Wildman–Crippen MR) is 479 cm³/mol. The van der Waals surface area contributed by atoms with Gasteiger partial charge in [-0.05, 0) is 89.9 Å². The summed E-state index contributed by atoms with van der Waals surface area (Å²) in [5.74, 6) is -6.40. The Morgan fingerprint density at radius 1 is 0.474 bits per heavy atom. The van der Waals surface area contributed by atoms with Crippen molar-refractivity contribution in [1.29, 1.82) is 0 Å². The van der Waals surface area contributed by atoms with E-state index in [1.165, 1.54) is 100 Å². The minimum Gasteiger partial charge on any atom is -0.508 e. The Morgan fingerprint density at radius 3 is 1.26 bits per heavy atom. The molecule has 716 valence electrons. The summed E-state index contributed by atoms with van der Waals surface area (Å²) < 4.78 is 30.5. The normalized spacial score (nSPS) is 13.3. The first-order valence-electron chi connectivity index (χ1n) is 40.3. The van der Waals surface area contributed by atoms with Gasteiger partial charge in [-0.3, -0.25) is 91.5 Å². The Bertz CT molecular complexity index is 6590. The van der Waals surface area contributed by atoms with E-state index in [4.69, 9.17) is 51.7 Å². The fourth-order valence-corrected chi connectivity index (χ4v) is 14.0. The molecule has 0 aliphatic carbocycles. The SMILES string of the molecule is CC1=C(C(=O)O)N2C(=O)C(NC(=O)C(NC(=O)Cc3cn(C)nn3)c3ccccc3)C2SC1.COC(=O)C(Cc1ccc(O)cc1)NC(=O)Cc1cn(C)nn1.COC(=O)C(Cc1ccc(O)cc1)NC(=O)c1cn(C)nn1.Cn1cc(C(=O)Nc2nc3cc(Cl)ccc3o2)nn1.Cn1cc(CC(=O)Nc2nc3cc(Cl)ccc3o2)nn1.Cn1cc(CC(=O)O)nn1.Cn1cc(CC(=O)O)nn1. The maximum atomic E-state index is 13.2. The summed E-state index contributed by atoms with van der Waals surface area (Å²) in [5, 5.41) is 113. The molecule has 14 aromatic rings. The number of hydrogen-bond acceptors (Lipinski definition) is 35. The lowest BCUT2D eigenvalue weighted by atomic mass is 10.0. The number of carboxylic acid groups (broad SMARTS) is 3. The van der Waals surface area contributed by atoms with Crippen LogP contribution < -0.4 is 31.9 Å². The van der Waals surface area contributed by atoms with Crippen LogP contribution >= 0.6 is 35.0 Å². The van der Waals surface area contributed by atoms with E-state index < -0.39 is 88.9 Å². The minimum absolute atomic E-state index is 0.0247. The fourth-order valence-electron chi connectivity index (χ4n) is 12.4. The second-order valence-electron chi connectivity index (χ2n) is 29.6. The van der Waals surface area contributed by atoms with Gasteiger partial charge in [0.15, 0.2) is 22.6 Å². The van der Waals surface area contributed by atoms with Crippen LogP contribution in [0.4, 0.5) is 12.0 Å². The van der Waals surface area contributed by atoms with Gasteiger partial charge in [0.2, 0.25) is 23.6 Å². The number of hydrogen-bond donors (Lipinski definition) is 11. The molecule has 51 nitrogen and oxygen atoms in total. The number of aryl methyl sites for hydroxylation is 7. The lowest BCUT2D eigenvalue weighted by Gasteiger charge is -2.49. The van der Waals surface area contributed by atoms with Crippen LogP contribution in [0.3, 0.4) is 0 Å². The quantitative estimate of drug-likeness (QED) is 0.0260. The van der Waals surface area contributed by atoms with Crippen molar-refractivity contribution in [1.82, 2.24) is 141 Å². The highest BCUT2D eigenvalue weighted by Gasteiger charge is 2.54. The average molecular weight is 1940 g/mol. The molecule has 5 atom stereocenters. The van der Waals surface area contributed by atoms with E-state index in [1.807, 2.05) is 0 Å². The molecule has 5 aromatic carbocycles. The molecule has 16 rings (SSSR count). The zero-order chi connectivity index (χ0) is 99.3. The molecule has 9 aromatic heterocycles. The van der Waals surface area contributed by atoms with Crippen LogP contribution in [0.15, 0.2) is 179 Å². The molecule has 54 heteroatoms. The zero-order valence-corrected chi connectivity index (χ0v) is 76.5. The van der Waals surface area contributed by atoms with Gasteiger partial charge in [0, 0.05) is 109 Å². The van der Waals surface area contributed by atoms with Crippen molar-refractivity contribution >= 4 is 140 Å². The summed E-state index contributed by atoms with van der Waals surface area (Å²) in [5.41, 5.74) is 7.73. The van der Waals surface area contributed by atoms with E-state index in [-0.39, 0.29) is 97.4 Å². The molecule has 2 aliphatic rings. The van der Waals surface area contributed by atoms with Crippen LogP contribution in [-0.4, -0.2) is 260 Å². The predicted octanol–water partition coefficient (Wildman–Crippen LogP) is 2.51. The first kappa shape index (κ1) is 102. The topological polar surface area (TPSA) is 667 Å². The van der Waals surface area contributed by atoms with Crippen LogP contribution in [-0.2, 0) is 152 Å². The number of β-lactam (4-membered cyclic amide) rings is 1. The molecule has 11 heterocycles. The number of carbonyl (C=O) groups is 12. The Labute approximate surface area is 788 Å². The number of phenols is 2. The van der Waals surface area contributed by atoms with E-state index in [9.17, 15) is 72.9 Å². The van der Waals surface area contributed by atoms with E-state index in [2.05, 4.69) is 114 Å². The number of fused-ring (bicyclic) bond motifs is 3. The summed E-state index contributed by atoms with van der Waals surface area (Å²) in [6.45, 7) is 1.67. The number of carboxylic acids is 3. The van der Waals surface area contributed by atoms with Crippen molar-refractivity contribution in [3.8, 4) is 11.5 Å². The monoisotopic (exact) mass is 1940 g/mol. The Hall–Kier alpha value is -17.1. The number of halogens is 2. The van der Waals surface area contributed by atoms with Crippen LogP contribution in [0.5, 0.6) is 11.5 Å². The van der Waals surface area contributed by atoms with Crippen molar-refractivity contribution < 1.29 is 101 Å². The summed E-state index contributed by atoms with van der Waals surface area (Å²) in [4.78, 5) is 151. The number of rotatable bonds is 27. The standard InChI is InChI=1S/C21H22N6O5S.C15H18N4O4.C14H16N4O4.C12H10ClN5O2.C11H8ClN5O2.2C5H7N3O2/c1-11-10-33-20-16(19(30)27(20)17(11)21(31)32)23-18(29)15(12-6-4-3-5-7-12)22-14(28)8-13-9-26(2)25-24-13;1-19-9-11(17-18-19)8-14(21)16-13(15(22)23-2)7-10-3-5-12(20)6-4-10;1-18-8-12(16-17-18)13(20)15-11(14(21)22-2)7-9-3-5-10(19)6-4-9;1-18-6-8(16-17-18)5-11(19)15-12-14-9-4-7(13)2-3-10(9)20-12;1-17-5-8(15-16-17)10(18)14-11-13-7-4-6(12)2-3-9(7)19-11;2*1-8-3-4(6-7-8)2-5(9)10/h3-7,9,15-16,20H,8,10H2,1-2H3,(H,22,28)(H,23,29)(H,31,32);3-6,9,13,20H,7-8H2,1-2H3,(H,16,21);3-6,8,11,19H,7H2,1-2H3,(H,15,20);2-4,6H,5H2,1H3,(H,14,15,19);2-5H,1H3,(H,13,14,18);2*3H,2H2,1H3,(H,9,10). The van der Waals surface area contributed by atoms with Gasteiger partial charge in [0.1, 0.15) is 57.8 Å². The van der Waals surface area contributed by atoms with Gasteiger partial charge in [0.25, 0.3) is 17.7 Å². The van der Waals surface area contributed by atoms with Crippen LogP contribution in [0.2, 0.25) is 10.0 Å². The van der Waals surface area contributed by atoms with Gasteiger partial charge in [0.05, 0.1) is 87.2 Å². The lowest BCUT2D eigenvalue weighted by molar-refractivity contribution is -0.151. The second-order valence-corrected chi connectivity index (χ2v) is 31.6. The highest BCUT2D eigenvalue weighted by atomic mass is 35.5. The number of nitrogens with zero attached hydrogens (tertiary/aromatic N) is 24. The highest BCUT2D eigenvalue weighted by molar-refractivity contribution is 8.00. The van der Waals surface area contributed by atoms with Gasteiger partial charge >= 0.3 is 41.9 Å². The van der Waals surface area contributed by atoms with Crippen molar-refractivity contribution in [2.45, 2.75) is 81.4 Å². The van der Waals surface area contributed by atoms with Gasteiger partial charge in [-0.25, -0.2) is 14.4 Å². The Balaban J connectivity index is 0.000000170. The molecule has 137 heavy (non-hydrogen) atoms. The van der Waals surface area contributed by atoms with E-state index in [0.717, 1.165) is 11.1 Å². The fraction of sp³-hybridized carbons (Fsp3) is 0.277. The Morgan fingerprint density at radius 2 is 0.861 bits per heavy atom. The molecular formula is C83H88Cl2N30O21S. The van der Waals surface area contributed by atoms with E-state index in [0.29, 0.717) is 77.6 Å². The summed E-state index contributed by atoms with van der Waals surface area (Å²) >= 11 is 13.1. The third kappa shape index (κ3) is 31.0. The number of anilines is 2. The number of methoxy groups -OCH3 is 2. The number of phenolic OH excluding ortho intramolecular Hbond substituents is 2. The van der Waals surface area contributed by atoms with Crippen molar-refractivity contribution in [3.05, 3.63) is 237 Å². The smallest absolute Gasteiger partial charge is 0.352 e. The number of carbonyl (C=O) groups excluding carboxylic acids is 9. The molecule has 1 fully saturated rings. The number of ether oxygens (including phenoxy) is 2. The molecule has 0 saturated carbocycles. The minimum atomic E-state index is -1.17. The van der Waals surface area contributed by atoms with E-state index in [1.54, 1.807) is 178 Å². The maximum Gasteiger partial charge on any atom is 0.352 e. The molecule has 7 amide bonds. The summed E-state index contributed by atoms with van der Waals surface area (Å²) in [7, 11) is 14.3. The zero-order valence-electron chi connectivity index (χ0n) is 74.2. The first-order valence-corrected chi connectivity index (χ1v) is 42.1. The molecule has 0 bridgehead atoms. The number of aliphatic carboxylic acids is 3. The lowest BCUT2D eigenvalue weighted by Crippen LogP contribution is -2.71. The molecule has 2 aliphatic heterocycles. The number of nitrogens with one attached hydrogen (secondary N) is 6. The largest absolute Gasteiger partial charge is 0.508 e. The third-order valence-electron chi connectivity index (χ3n) is 18.5. The third-order valence-corrected chi connectivity index (χ3v) is 20.4. The number of aromatic nitrogens is 23. The van der Waals surface area contributed by atoms with Crippen molar-refractivity contribution in [3.63, 3.8) is 0 Å². The van der Waals surface area contributed by atoms with Crippen LogP contribution in [0, 0.1) is 0 Å². The maximum absolute atomic E-state index is 13.2. The number of esters is 2. The van der Waals surface area contributed by atoms with Gasteiger partial charge < -0.3 is 65.1 Å². The van der Waals surface area contributed by atoms with Crippen LogP contribution in [0.1, 0.15) is 79.1 Å².